The van der Waals surface area contributed by atoms with E-state index in [1.165, 1.54) is 17.7 Å². The van der Waals surface area contributed by atoms with Crippen LogP contribution >= 0.6 is 0 Å². The van der Waals surface area contributed by atoms with Gasteiger partial charge in [-0.05, 0) is 62.1 Å². The van der Waals surface area contributed by atoms with E-state index in [4.69, 9.17) is 9.72 Å². The lowest BCUT2D eigenvalue weighted by atomic mass is 9.88. The number of hydrogen-bond acceptors (Lipinski definition) is 5. The Hall–Kier alpha value is -2.71. The number of nitrogens with zero attached hydrogens (tertiary/aromatic N) is 4. The Morgan fingerprint density at radius 3 is 3.06 bits per heavy atom. The van der Waals surface area contributed by atoms with E-state index in [0.29, 0.717) is 18.6 Å². The number of hydrogen-bond donors (Lipinski definition) is 2. The number of ether oxygens (including phenoxy) is 1. The number of imidazole rings is 1. The Morgan fingerprint density at radius 2 is 2.24 bits per heavy atom. The van der Waals surface area contributed by atoms with Gasteiger partial charge < -0.3 is 14.6 Å². The molecule has 1 aromatic carbocycles. The molecule has 1 amide bonds. The first kappa shape index (κ1) is 20.9. The maximum absolute atomic E-state index is 13.0. The molecule has 6 rings (SSSR count). The van der Waals surface area contributed by atoms with Crippen molar-refractivity contribution >= 4 is 22.6 Å². The number of carbonyl (C=O) groups excluding carboxylic acids is 1. The van der Waals surface area contributed by atoms with E-state index in [1.54, 1.807) is 4.90 Å². The van der Waals surface area contributed by atoms with E-state index in [9.17, 15) is 4.79 Å². The Balaban J connectivity index is 1.26. The molecule has 0 radical (unpaired) electrons. The standard InChI is InChI=1S/C25H32N6O2/c1-14-7-18-19(9-21(14)30(4)22(32)13-31-5-6-33-15(2)12-31)27-24(26-18)23-17-8-16-10-25(16,3)11-20(17)28-29-23/h7,9,15-16H,5-6,8,10-13H2,1-4H3,(H,26,27)(H,28,29)/t15?,16-,25-/m1/s1. The highest BCUT2D eigenvalue weighted by Gasteiger charge is 2.53. The summed E-state index contributed by atoms with van der Waals surface area (Å²) >= 11 is 0. The lowest BCUT2D eigenvalue weighted by molar-refractivity contribution is -0.121. The normalized spacial score (nSPS) is 26.8. The van der Waals surface area contributed by atoms with Crippen LogP contribution in [-0.2, 0) is 22.4 Å². The molecule has 8 nitrogen and oxygen atoms in total. The molecule has 1 saturated carbocycles. The van der Waals surface area contributed by atoms with E-state index in [2.05, 4.69) is 33.1 Å². The minimum atomic E-state index is 0.0798. The minimum Gasteiger partial charge on any atom is -0.376 e. The third-order valence-corrected chi connectivity index (χ3v) is 7.97. The van der Waals surface area contributed by atoms with E-state index >= 15 is 0 Å². The summed E-state index contributed by atoms with van der Waals surface area (Å²) < 4.78 is 5.60. The molecule has 3 aliphatic rings. The molecule has 0 spiro atoms. The minimum absolute atomic E-state index is 0.0798. The van der Waals surface area contributed by atoms with Crippen LogP contribution in [0.1, 0.15) is 37.1 Å². The number of anilines is 1. The number of aromatic amines is 2. The molecule has 1 unspecified atom stereocenters. The van der Waals surface area contributed by atoms with Gasteiger partial charge in [-0.3, -0.25) is 14.8 Å². The predicted molar refractivity (Wildman–Crippen MR) is 127 cm³/mol. The second-order valence-electron chi connectivity index (χ2n) is 10.6. The van der Waals surface area contributed by atoms with E-state index in [0.717, 1.165) is 65.7 Å². The van der Waals surface area contributed by atoms with Crippen LogP contribution in [0.3, 0.4) is 0 Å². The largest absolute Gasteiger partial charge is 0.376 e. The summed E-state index contributed by atoms with van der Waals surface area (Å²) in [6, 6.07) is 4.10. The molecule has 2 aliphatic carbocycles. The van der Waals surface area contributed by atoms with Crippen molar-refractivity contribution in [1.29, 1.82) is 0 Å². The summed E-state index contributed by atoms with van der Waals surface area (Å²) in [4.78, 5) is 25.3. The van der Waals surface area contributed by atoms with Gasteiger partial charge in [0.05, 0.1) is 30.3 Å². The molecular formula is C25H32N6O2. The van der Waals surface area contributed by atoms with Crippen molar-refractivity contribution in [2.75, 3.05) is 38.2 Å². The quantitative estimate of drug-likeness (QED) is 0.640. The number of nitrogens with one attached hydrogen (secondary N) is 2. The van der Waals surface area contributed by atoms with Gasteiger partial charge in [0.15, 0.2) is 5.82 Å². The summed E-state index contributed by atoms with van der Waals surface area (Å²) in [5.41, 5.74) is 7.76. The fraction of sp³-hybridized carbons (Fsp3) is 0.560. The van der Waals surface area contributed by atoms with Crippen molar-refractivity contribution in [2.45, 2.75) is 46.1 Å². The highest BCUT2D eigenvalue weighted by molar-refractivity contribution is 5.97. The van der Waals surface area contributed by atoms with Crippen LogP contribution in [0.25, 0.3) is 22.6 Å². The van der Waals surface area contributed by atoms with Crippen molar-refractivity contribution in [3.8, 4) is 11.5 Å². The number of H-pyrrole nitrogens is 2. The van der Waals surface area contributed by atoms with Crippen molar-refractivity contribution in [3.63, 3.8) is 0 Å². The molecule has 2 N–H and O–H groups in total. The Bertz CT molecular complexity index is 1250. The van der Waals surface area contributed by atoms with Crippen LogP contribution in [0.2, 0.25) is 0 Å². The SMILES string of the molecule is Cc1cc2[nH]c(-c3n[nH]c4c3C[C@@H]3C[C@]3(C)C4)nc2cc1N(C)C(=O)CN1CCOC(C)C1. The Kier molecular flexibility index (Phi) is 4.68. The molecule has 174 valence electrons. The Labute approximate surface area is 193 Å². The molecule has 2 fully saturated rings. The first-order chi connectivity index (χ1) is 15.8. The van der Waals surface area contributed by atoms with Crippen molar-refractivity contribution < 1.29 is 9.53 Å². The van der Waals surface area contributed by atoms with Gasteiger partial charge in [0.1, 0.15) is 5.69 Å². The molecule has 3 aromatic rings. The van der Waals surface area contributed by atoms with Crippen LogP contribution in [0.5, 0.6) is 0 Å². The maximum atomic E-state index is 13.0. The van der Waals surface area contributed by atoms with E-state index < -0.39 is 0 Å². The van der Waals surface area contributed by atoms with Crippen LogP contribution in [0, 0.1) is 18.3 Å². The van der Waals surface area contributed by atoms with Gasteiger partial charge >= 0.3 is 0 Å². The van der Waals surface area contributed by atoms with Gasteiger partial charge in [-0.25, -0.2) is 4.98 Å². The summed E-state index contributed by atoms with van der Waals surface area (Å²) in [6.07, 6.45) is 3.63. The second-order valence-corrected chi connectivity index (χ2v) is 10.6. The van der Waals surface area contributed by atoms with Crippen molar-refractivity contribution in [1.82, 2.24) is 25.1 Å². The zero-order valence-electron chi connectivity index (χ0n) is 19.9. The first-order valence-electron chi connectivity index (χ1n) is 12.0. The van der Waals surface area contributed by atoms with Crippen LogP contribution in [0.15, 0.2) is 12.1 Å². The average molecular weight is 449 g/mol. The smallest absolute Gasteiger partial charge is 0.240 e. The van der Waals surface area contributed by atoms with Gasteiger partial charge in [-0.15, -0.1) is 0 Å². The number of rotatable bonds is 4. The highest BCUT2D eigenvalue weighted by atomic mass is 16.5. The number of morpholine rings is 1. The van der Waals surface area contributed by atoms with Crippen molar-refractivity contribution in [2.24, 2.45) is 11.3 Å². The van der Waals surface area contributed by atoms with E-state index in [-0.39, 0.29) is 12.0 Å². The molecule has 1 aliphatic heterocycles. The number of aryl methyl sites for hydroxylation is 1. The lowest BCUT2D eigenvalue weighted by Crippen LogP contribution is -2.46. The number of carbonyl (C=O) groups is 1. The fourth-order valence-electron chi connectivity index (χ4n) is 5.75. The summed E-state index contributed by atoms with van der Waals surface area (Å²) in [5.74, 6) is 1.66. The van der Waals surface area contributed by atoms with E-state index in [1.807, 2.05) is 27.0 Å². The van der Waals surface area contributed by atoms with Gasteiger partial charge in [-0.1, -0.05) is 6.92 Å². The Morgan fingerprint density at radius 1 is 1.39 bits per heavy atom. The van der Waals surface area contributed by atoms with Gasteiger partial charge in [0.25, 0.3) is 0 Å². The predicted octanol–water partition coefficient (Wildman–Crippen LogP) is 3.07. The van der Waals surface area contributed by atoms with Crippen LogP contribution in [0.4, 0.5) is 5.69 Å². The molecular weight excluding hydrogens is 416 g/mol. The second kappa shape index (κ2) is 7.40. The highest BCUT2D eigenvalue weighted by Crippen LogP contribution is 2.59. The average Bonchev–Trinajstić information content (AvgIpc) is 3.05. The molecule has 3 heterocycles. The molecule has 1 saturated heterocycles. The van der Waals surface area contributed by atoms with Crippen LogP contribution < -0.4 is 4.90 Å². The number of likely N-dealkylation sites (N-methyl/N-ethyl adjacent to an activating group) is 1. The summed E-state index contributed by atoms with van der Waals surface area (Å²) in [6.45, 7) is 9.12. The fourth-order valence-corrected chi connectivity index (χ4v) is 5.75. The zero-order valence-corrected chi connectivity index (χ0v) is 19.9. The third-order valence-electron chi connectivity index (χ3n) is 7.97. The summed E-state index contributed by atoms with van der Waals surface area (Å²) in [5, 5.41) is 7.90. The molecule has 33 heavy (non-hydrogen) atoms. The molecule has 2 aromatic heterocycles. The topological polar surface area (TPSA) is 90.1 Å². The van der Waals surface area contributed by atoms with Gasteiger partial charge in [0, 0.05) is 37.1 Å². The maximum Gasteiger partial charge on any atom is 0.240 e. The number of aromatic nitrogens is 4. The zero-order chi connectivity index (χ0) is 22.9. The first-order valence-corrected chi connectivity index (χ1v) is 12.0. The number of benzene rings is 1. The van der Waals surface area contributed by atoms with Gasteiger partial charge in [-0.2, -0.15) is 5.10 Å². The molecule has 3 atom stereocenters. The molecule has 8 heteroatoms. The lowest BCUT2D eigenvalue weighted by Gasteiger charge is -2.32. The van der Waals surface area contributed by atoms with Gasteiger partial charge in [0.2, 0.25) is 5.91 Å². The number of amides is 1. The monoisotopic (exact) mass is 448 g/mol. The third kappa shape index (κ3) is 3.56. The number of fused-ring (bicyclic) bond motifs is 3. The molecule has 0 bridgehead atoms. The summed E-state index contributed by atoms with van der Waals surface area (Å²) in [7, 11) is 1.85. The van der Waals surface area contributed by atoms with Crippen LogP contribution in [-0.4, -0.2) is 70.4 Å². The van der Waals surface area contributed by atoms with Crippen molar-refractivity contribution in [3.05, 3.63) is 29.0 Å².